The summed E-state index contributed by atoms with van der Waals surface area (Å²) in [5.41, 5.74) is 7.05. The summed E-state index contributed by atoms with van der Waals surface area (Å²) in [5.74, 6) is 0. The molecule has 0 aliphatic carbocycles. The van der Waals surface area contributed by atoms with Crippen LogP contribution in [0.25, 0.3) is 10.9 Å². The molecule has 0 amide bonds. The number of rotatable bonds is 3. The Morgan fingerprint density at radius 2 is 1.77 bits per heavy atom. The first-order chi connectivity index (χ1) is 10.2. The van der Waals surface area contributed by atoms with E-state index in [-0.39, 0.29) is 12.4 Å². The lowest BCUT2D eigenvalue weighted by Gasteiger charge is -2.04. The standard InChI is InChI=1S/C17H14ClN3.ClH/c1-12(13-7-9-15(18)10-8-13)20-21-16-6-2-4-14-5-3-11-19-17(14)16;/h2-11,21H,1H3;1H/b20-12+;. The van der Waals surface area contributed by atoms with Gasteiger partial charge in [-0.2, -0.15) is 5.10 Å². The zero-order valence-corrected chi connectivity index (χ0v) is 13.5. The lowest BCUT2D eigenvalue weighted by Crippen LogP contribution is -3.00. The molecule has 0 saturated carbocycles. The Balaban J connectivity index is 0.00000176. The lowest BCUT2D eigenvalue weighted by molar-refractivity contribution is -0.344. The molecule has 0 spiro atoms. The van der Waals surface area contributed by atoms with Crippen molar-refractivity contribution < 1.29 is 17.4 Å². The molecule has 2 aromatic carbocycles. The molecule has 0 bridgehead atoms. The van der Waals surface area contributed by atoms with Gasteiger partial charge in [0.25, 0.3) is 0 Å². The topological polar surface area (TPSA) is 38.5 Å². The number of anilines is 1. The minimum Gasteiger partial charge on any atom is -1.00 e. The highest BCUT2D eigenvalue weighted by molar-refractivity contribution is 6.30. The van der Waals surface area contributed by atoms with Gasteiger partial charge in [-0.3, -0.25) is 5.43 Å². The Hall–Kier alpha value is -2.10. The molecule has 22 heavy (non-hydrogen) atoms. The fraction of sp³-hybridized carbons (Fsp3) is 0.0588. The second-order valence-electron chi connectivity index (χ2n) is 4.76. The van der Waals surface area contributed by atoms with Crippen molar-refractivity contribution >= 4 is 33.9 Å². The quantitative estimate of drug-likeness (QED) is 0.567. The predicted octanol–water partition coefficient (Wildman–Crippen LogP) is 1.15. The van der Waals surface area contributed by atoms with Crippen molar-refractivity contribution in [2.45, 2.75) is 6.92 Å². The van der Waals surface area contributed by atoms with Gasteiger partial charge in [0.15, 0.2) is 6.20 Å². The van der Waals surface area contributed by atoms with Crippen LogP contribution in [0.2, 0.25) is 5.02 Å². The lowest BCUT2D eigenvalue weighted by atomic mass is 10.1. The van der Waals surface area contributed by atoms with Gasteiger partial charge >= 0.3 is 0 Å². The first-order valence-electron chi connectivity index (χ1n) is 6.70. The predicted molar refractivity (Wildman–Crippen MR) is 87.8 cm³/mol. The molecule has 3 nitrogen and oxygen atoms in total. The molecular formula is C17H15Cl2N3. The summed E-state index contributed by atoms with van der Waals surface area (Å²) in [6.07, 6.45) is 1.91. The van der Waals surface area contributed by atoms with E-state index < -0.39 is 0 Å². The van der Waals surface area contributed by atoms with Crippen LogP contribution in [0, 0.1) is 0 Å². The van der Waals surface area contributed by atoms with E-state index in [0.29, 0.717) is 0 Å². The van der Waals surface area contributed by atoms with Gasteiger partial charge < -0.3 is 12.4 Å². The Morgan fingerprint density at radius 3 is 2.55 bits per heavy atom. The van der Waals surface area contributed by atoms with Crippen molar-refractivity contribution in [3.05, 3.63) is 71.4 Å². The molecule has 0 atom stereocenters. The molecule has 1 aromatic heterocycles. The number of halogens is 2. The van der Waals surface area contributed by atoms with Crippen LogP contribution in [-0.2, 0) is 0 Å². The molecular weight excluding hydrogens is 317 g/mol. The largest absolute Gasteiger partial charge is 1.00 e. The van der Waals surface area contributed by atoms with Gasteiger partial charge in [0, 0.05) is 16.5 Å². The van der Waals surface area contributed by atoms with Crippen LogP contribution in [0.15, 0.2) is 65.9 Å². The van der Waals surface area contributed by atoms with E-state index >= 15 is 0 Å². The molecule has 3 aromatic rings. The van der Waals surface area contributed by atoms with Crippen LogP contribution in [0.5, 0.6) is 0 Å². The van der Waals surface area contributed by atoms with Gasteiger partial charge in [-0.1, -0.05) is 29.8 Å². The zero-order chi connectivity index (χ0) is 14.7. The molecule has 2 N–H and O–H groups in total. The third-order valence-electron chi connectivity index (χ3n) is 3.30. The zero-order valence-electron chi connectivity index (χ0n) is 12.0. The summed E-state index contributed by atoms with van der Waals surface area (Å²) in [6, 6.07) is 17.7. The molecule has 1 heterocycles. The molecule has 3 rings (SSSR count). The number of fused-ring (bicyclic) bond motifs is 1. The highest BCUT2D eigenvalue weighted by Crippen LogP contribution is 2.18. The van der Waals surface area contributed by atoms with E-state index in [1.54, 1.807) is 0 Å². The van der Waals surface area contributed by atoms with Gasteiger partial charge in [0.1, 0.15) is 5.69 Å². The number of benzene rings is 2. The minimum absolute atomic E-state index is 0. The summed E-state index contributed by atoms with van der Waals surface area (Å²) in [7, 11) is 0. The van der Waals surface area contributed by atoms with E-state index in [1.165, 1.54) is 0 Å². The van der Waals surface area contributed by atoms with Crippen LogP contribution in [0.4, 0.5) is 5.69 Å². The first kappa shape index (κ1) is 16.3. The van der Waals surface area contributed by atoms with Crippen molar-refractivity contribution in [3.8, 4) is 0 Å². The third-order valence-corrected chi connectivity index (χ3v) is 3.55. The monoisotopic (exact) mass is 331 g/mol. The van der Waals surface area contributed by atoms with Crippen molar-refractivity contribution in [3.63, 3.8) is 0 Å². The summed E-state index contributed by atoms with van der Waals surface area (Å²) < 4.78 is 0. The van der Waals surface area contributed by atoms with Crippen molar-refractivity contribution in [1.29, 1.82) is 0 Å². The van der Waals surface area contributed by atoms with Gasteiger partial charge in [-0.25, -0.2) is 4.98 Å². The Labute approximate surface area is 140 Å². The number of pyridine rings is 1. The summed E-state index contributed by atoms with van der Waals surface area (Å²) in [4.78, 5) is 3.24. The molecule has 0 unspecified atom stereocenters. The minimum atomic E-state index is 0. The van der Waals surface area contributed by atoms with Gasteiger partial charge in [-0.05, 0) is 42.8 Å². The van der Waals surface area contributed by atoms with Crippen molar-refractivity contribution in [2.75, 3.05) is 5.43 Å². The molecule has 0 radical (unpaired) electrons. The second kappa shape index (κ2) is 7.25. The summed E-state index contributed by atoms with van der Waals surface area (Å²) in [5, 5.41) is 6.31. The number of H-pyrrole nitrogens is 1. The maximum absolute atomic E-state index is 5.90. The number of para-hydroxylation sites is 1. The van der Waals surface area contributed by atoms with Crippen LogP contribution in [0.3, 0.4) is 0 Å². The Morgan fingerprint density at radius 1 is 1.05 bits per heavy atom. The number of nitrogens with zero attached hydrogens (tertiary/aromatic N) is 1. The van der Waals surface area contributed by atoms with Gasteiger partial charge in [-0.15, -0.1) is 0 Å². The average Bonchev–Trinajstić information content (AvgIpc) is 2.53. The number of hydrazone groups is 1. The number of aromatic amines is 1. The smallest absolute Gasteiger partial charge is 0.236 e. The van der Waals surface area contributed by atoms with Crippen molar-refractivity contribution in [1.82, 2.24) is 0 Å². The normalized spacial score (nSPS) is 11.1. The number of hydrogen-bond donors (Lipinski definition) is 1. The van der Waals surface area contributed by atoms with Gasteiger partial charge in [0.05, 0.1) is 5.71 Å². The van der Waals surface area contributed by atoms with Crippen molar-refractivity contribution in [2.24, 2.45) is 5.10 Å². The van der Waals surface area contributed by atoms with E-state index in [4.69, 9.17) is 11.6 Å². The first-order valence-corrected chi connectivity index (χ1v) is 7.07. The van der Waals surface area contributed by atoms with E-state index in [2.05, 4.69) is 27.6 Å². The second-order valence-corrected chi connectivity index (χ2v) is 5.19. The SMILES string of the molecule is C/C(=N\Nc1cccc2ccc[nH+]c12)c1ccc(Cl)cc1.[Cl-]. The summed E-state index contributed by atoms with van der Waals surface area (Å²) in [6.45, 7) is 1.96. The average molecular weight is 332 g/mol. The molecule has 0 saturated heterocycles. The van der Waals surface area contributed by atoms with E-state index in [0.717, 1.165) is 32.9 Å². The van der Waals surface area contributed by atoms with Crippen LogP contribution in [0.1, 0.15) is 12.5 Å². The van der Waals surface area contributed by atoms with E-state index in [9.17, 15) is 0 Å². The summed E-state index contributed by atoms with van der Waals surface area (Å²) >= 11 is 5.90. The molecule has 0 fully saturated rings. The van der Waals surface area contributed by atoms with Crippen LogP contribution < -0.4 is 22.8 Å². The Bertz CT molecular complexity index is 793. The fourth-order valence-electron chi connectivity index (χ4n) is 2.15. The third kappa shape index (κ3) is 3.56. The highest BCUT2D eigenvalue weighted by Gasteiger charge is 2.05. The number of hydrogen-bond acceptors (Lipinski definition) is 2. The molecule has 5 heteroatoms. The fourth-order valence-corrected chi connectivity index (χ4v) is 2.27. The van der Waals surface area contributed by atoms with E-state index in [1.807, 2.05) is 55.6 Å². The number of aromatic nitrogens is 1. The maximum Gasteiger partial charge on any atom is 0.236 e. The van der Waals surface area contributed by atoms with Crippen LogP contribution in [-0.4, -0.2) is 5.71 Å². The molecule has 0 aliphatic heterocycles. The molecule has 0 aliphatic rings. The van der Waals surface area contributed by atoms with Crippen LogP contribution >= 0.6 is 11.6 Å². The van der Waals surface area contributed by atoms with Gasteiger partial charge in [0.2, 0.25) is 5.52 Å². The Kier molecular flexibility index (Phi) is 5.36. The highest BCUT2D eigenvalue weighted by atomic mass is 35.5. The maximum atomic E-state index is 5.90. The number of nitrogens with one attached hydrogen (secondary N) is 2. The molecule has 112 valence electrons.